The molecule has 2 N–H and O–H groups in total. The fourth-order valence-corrected chi connectivity index (χ4v) is 2.58. The number of nitrogens with two attached hydrogens (primary N) is 1. The van der Waals surface area contributed by atoms with Crippen molar-refractivity contribution in [2.24, 2.45) is 11.7 Å². The lowest BCUT2D eigenvalue weighted by molar-refractivity contribution is -0.131. The highest BCUT2D eigenvalue weighted by Crippen LogP contribution is 2.38. The summed E-state index contributed by atoms with van der Waals surface area (Å²) in [5.74, 6) is 0.679. The van der Waals surface area contributed by atoms with Gasteiger partial charge in [0.15, 0.2) is 0 Å². The van der Waals surface area contributed by atoms with E-state index in [-0.39, 0.29) is 11.5 Å². The van der Waals surface area contributed by atoms with Gasteiger partial charge >= 0.3 is 0 Å². The molecule has 4 nitrogen and oxygen atoms in total. The zero-order valence-electron chi connectivity index (χ0n) is 8.66. The molecule has 2 aliphatic rings. The van der Waals surface area contributed by atoms with E-state index in [0.717, 1.165) is 19.6 Å². The molecule has 2 saturated heterocycles. The maximum Gasteiger partial charge on any atom is 0.222 e. The molecule has 0 aliphatic carbocycles. The van der Waals surface area contributed by atoms with E-state index in [1.165, 1.54) is 0 Å². The molecule has 0 bridgehead atoms. The van der Waals surface area contributed by atoms with Crippen LogP contribution in [0.2, 0.25) is 0 Å². The van der Waals surface area contributed by atoms with Gasteiger partial charge in [0.25, 0.3) is 0 Å². The Balaban J connectivity index is 2.08. The molecule has 80 valence electrons. The lowest BCUT2D eigenvalue weighted by atomic mass is 9.91. The van der Waals surface area contributed by atoms with Crippen molar-refractivity contribution in [3.63, 3.8) is 0 Å². The summed E-state index contributed by atoms with van der Waals surface area (Å²) < 4.78 is 5.72. The normalized spacial score (nSPS) is 36.1. The number of rotatable bonds is 2. The average Bonchev–Trinajstić information content (AvgIpc) is 2.72. The number of carbonyl (C=O) groups is 1. The van der Waals surface area contributed by atoms with E-state index >= 15 is 0 Å². The minimum absolute atomic E-state index is 0.217. The van der Waals surface area contributed by atoms with Crippen LogP contribution in [0.4, 0.5) is 0 Å². The summed E-state index contributed by atoms with van der Waals surface area (Å²) in [5, 5.41) is 0. The minimum atomic E-state index is -0.217. The predicted molar refractivity (Wildman–Crippen MR) is 52.7 cm³/mol. The van der Waals surface area contributed by atoms with Gasteiger partial charge < -0.3 is 15.4 Å². The van der Waals surface area contributed by atoms with Gasteiger partial charge in [-0.1, -0.05) is 6.92 Å². The van der Waals surface area contributed by atoms with Crippen molar-refractivity contribution in [1.29, 1.82) is 0 Å². The van der Waals surface area contributed by atoms with Crippen molar-refractivity contribution in [3.8, 4) is 0 Å². The summed E-state index contributed by atoms with van der Waals surface area (Å²) in [6.07, 6.45) is 1.62. The lowest BCUT2D eigenvalue weighted by Gasteiger charge is -2.26. The Morgan fingerprint density at radius 1 is 1.71 bits per heavy atom. The molecule has 2 heterocycles. The second kappa shape index (κ2) is 3.51. The first-order valence-electron chi connectivity index (χ1n) is 5.33. The highest BCUT2D eigenvalue weighted by molar-refractivity contribution is 5.76. The standard InChI is InChI=1S/C10H18N2O2/c1-2-9(13)12-5-8-3-4-14-10(8,6-11)7-12/h8H,2-7,11H2,1H3. The summed E-state index contributed by atoms with van der Waals surface area (Å²) >= 11 is 0. The molecule has 0 aromatic rings. The number of carbonyl (C=O) groups excluding carboxylic acids is 1. The largest absolute Gasteiger partial charge is 0.371 e. The van der Waals surface area contributed by atoms with Crippen molar-refractivity contribution in [2.45, 2.75) is 25.4 Å². The number of ether oxygens (including phenoxy) is 1. The fourth-order valence-electron chi connectivity index (χ4n) is 2.58. The molecule has 0 aromatic carbocycles. The van der Waals surface area contributed by atoms with Gasteiger partial charge in [0.05, 0.1) is 6.54 Å². The van der Waals surface area contributed by atoms with Gasteiger partial charge in [-0.3, -0.25) is 4.79 Å². The number of likely N-dealkylation sites (tertiary alicyclic amines) is 1. The van der Waals surface area contributed by atoms with Gasteiger partial charge in [0, 0.05) is 32.0 Å². The van der Waals surface area contributed by atoms with Crippen LogP contribution in [0.5, 0.6) is 0 Å². The molecule has 1 amide bonds. The predicted octanol–water partition coefficient (Wildman–Crippen LogP) is -0.0274. The second-order valence-electron chi connectivity index (χ2n) is 4.23. The summed E-state index contributed by atoms with van der Waals surface area (Å²) in [7, 11) is 0. The third-order valence-electron chi connectivity index (χ3n) is 3.50. The van der Waals surface area contributed by atoms with Crippen molar-refractivity contribution >= 4 is 5.91 Å². The van der Waals surface area contributed by atoms with E-state index in [0.29, 0.717) is 25.4 Å². The smallest absolute Gasteiger partial charge is 0.222 e. The molecule has 0 aromatic heterocycles. The topological polar surface area (TPSA) is 55.6 Å². The fraction of sp³-hybridized carbons (Fsp3) is 0.900. The van der Waals surface area contributed by atoms with Crippen LogP contribution in [0, 0.1) is 5.92 Å². The maximum absolute atomic E-state index is 11.5. The Kier molecular flexibility index (Phi) is 2.49. The van der Waals surface area contributed by atoms with Crippen LogP contribution in [0.15, 0.2) is 0 Å². The Hall–Kier alpha value is -0.610. The molecule has 2 aliphatic heterocycles. The number of fused-ring (bicyclic) bond motifs is 1. The van der Waals surface area contributed by atoms with E-state index in [9.17, 15) is 4.79 Å². The number of nitrogens with zero attached hydrogens (tertiary/aromatic N) is 1. The molecule has 4 heteroatoms. The van der Waals surface area contributed by atoms with Crippen LogP contribution in [0.1, 0.15) is 19.8 Å². The Morgan fingerprint density at radius 3 is 3.07 bits per heavy atom. The average molecular weight is 198 g/mol. The first-order valence-corrected chi connectivity index (χ1v) is 5.33. The van der Waals surface area contributed by atoms with Crippen LogP contribution in [-0.2, 0) is 9.53 Å². The first-order chi connectivity index (χ1) is 6.72. The van der Waals surface area contributed by atoms with Crippen LogP contribution in [0.3, 0.4) is 0 Å². The van der Waals surface area contributed by atoms with Gasteiger partial charge in [0.2, 0.25) is 5.91 Å². The van der Waals surface area contributed by atoms with Crippen LogP contribution in [0.25, 0.3) is 0 Å². The molecule has 0 radical (unpaired) electrons. The van der Waals surface area contributed by atoms with Crippen LogP contribution >= 0.6 is 0 Å². The highest BCUT2D eigenvalue weighted by atomic mass is 16.5. The molecule has 0 spiro atoms. The Bertz CT molecular complexity index is 244. The molecule has 2 unspecified atom stereocenters. The highest BCUT2D eigenvalue weighted by Gasteiger charge is 2.50. The maximum atomic E-state index is 11.5. The molecule has 14 heavy (non-hydrogen) atoms. The number of amides is 1. The van der Waals surface area contributed by atoms with Gasteiger partial charge in [-0.25, -0.2) is 0 Å². The Morgan fingerprint density at radius 2 is 2.50 bits per heavy atom. The third kappa shape index (κ3) is 1.33. The molecule has 2 atom stereocenters. The van der Waals surface area contributed by atoms with Crippen molar-refractivity contribution in [2.75, 3.05) is 26.2 Å². The second-order valence-corrected chi connectivity index (χ2v) is 4.23. The summed E-state index contributed by atoms with van der Waals surface area (Å²) in [4.78, 5) is 13.4. The Labute approximate surface area is 84.4 Å². The molecule has 0 saturated carbocycles. The van der Waals surface area contributed by atoms with E-state index in [1.54, 1.807) is 0 Å². The summed E-state index contributed by atoms with van der Waals surface area (Å²) in [6, 6.07) is 0. The SMILES string of the molecule is CCC(=O)N1CC2CCOC2(CN)C1. The van der Waals surface area contributed by atoms with Crippen LogP contribution < -0.4 is 5.73 Å². The number of hydrogen-bond acceptors (Lipinski definition) is 3. The summed E-state index contributed by atoms with van der Waals surface area (Å²) in [5.41, 5.74) is 5.53. The van der Waals surface area contributed by atoms with Gasteiger partial charge in [0.1, 0.15) is 5.60 Å². The van der Waals surface area contributed by atoms with E-state index in [4.69, 9.17) is 10.5 Å². The van der Waals surface area contributed by atoms with Crippen LogP contribution in [-0.4, -0.2) is 42.6 Å². The van der Waals surface area contributed by atoms with E-state index < -0.39 is 0 Å². The zero-order valence-corrected chi connectivity index (χ0v) is 8.66. The quantitative estimate of drug-likeness (QED) is 0.678. The molecule has 2 fully saturated rings. The first kappa shape index (κ1) is 9.93. The zero-order chi connectivity index (χ0) is 10.2. The van der Waals surface area contributed by atoms with Gasteiger partial charge in [-0.15, -0.1) is 0 Å². The molecule has 2 rings (SSSR count). The molecular formula is C10H18N2O2. The van der Waals surface area contributed by atoms with E-state index in [1.807, 2.05) is 11.8 Å². The van der Waals surface area contributed by atoms with E-state index in [2.05, 4.69) is 0 Å². The monoisotopic (exact) mass is 198 g/mol. The third-order valence-corrected chi connectivity index (χ3v) is 3.50. The summed E-state index contributed by atoms with van der Waals surface area (Å²) in [6.45, 7) is 4.76. The minimum Gasteiger partial charge on any atom is -0.371 e. The van der Waals surface area contributed by atoms with Crippen molar-refractivity contribution in [1.82, 2.24) is 4.90 Å². The van der Waals surface area contributed by atoms with Gasteiger partial charge in [-0.2, -0.15) is 0 Å². The van der Waals surface area contributed by atoms with Gasteiger partial charge in [-0.05, 0) is 6.42 Å². The number of hydrogen-bond donors (Lipinski definition) is 1. The van der Waals surface area contributed by atoms with Crippen molar-refractivity contribution < 1.29 is 9.53 Å². The molecular weight excluding hydrogens is 180 g/mol. The lowest BCUT2D eigenvalue weighted by Crippen LogP contribution is -2.44. The van der Waals surface area contributed by atoms with Crippen molar-refractivity contribution in [3.05, 3.63) is 0 Å².